The number of ether oxygens (including phenoxy) is 4. The normalized spacial score (nSPS) is 28.1. The lowest BCUT2D eigenvalue weighted by Crippen LogP contribution is -2.64. The Hall–Kier alpha value is -2.76. The number of halogens is 2. The zero-order chi connectivity index (χ0) is 27.7. The van der Waals surface area contributed by atoms with Gasteiger partial charge in [0.05, 0.1) is 6.61 Å². The minimum absolute atomic E-state index is 0.270. The highest BCUT2D eigenvalue weighted by atomic mass is 35.5. The smallest absolute Gasteiger partial charge is 0.224 e. The molecule has 6 atom stereocenters. The first-order valence-electron chi connectivity index (χ1n) is 12.6. The van der Waals surface area contributed by atoms with Gasteiger partial charge in [0.2, 0.25) is 5.79 Å². The molecule has 8 nitrogen and oxygen atoms in total. The number of para-hydroxylation sites is 1. The molecule has 39 heavy (non-hydrogen) atoms. The maximum atomic E-state index is 13.9. The van der Waals surface area contributed by atoms with Gasteiger partial charge in [-0.2, -0.15) is 0 Å². The SMILES string of the molecule is COC1(c2ccc(Cl)c(Cc3ccc(OCC4Cc5cccc(F)c5O4)cc3)c2)O[C@H](CO)[C@@H](O)[C@H](O)[C@H]1O. The molecule has 0 aromatic heterocycles. The maximum absolute atomic E-state index is 13.9. The summed E-state index contributed by atoms with van der Waals surface area (Å²) in [4.78, 5) is 0. The second-order valence-electron chi connectivity index (χ2n) is 9.75. The van der Waals surface area contributed by atoms with E-state index in [0.29, 0.717) is 40.5 Å². The molecule has 2 aliphatic rings. The van der Waals surface area contributed by atoms with E-state index in [9.17, 15) is 24.8 Å². The Morgan fingerprint density at radius 3 is 2.51 bits per heavy atom. The van der Waals surface area contributed by atoms with Crippen LogP contribution in [0.1, 0.15) is 22.3 Å². The molecule has 4 N–H and O–H groups in total. The van der Waals surface area contributed by atoms with E-state index < -0.39 is 36.8 Å². The lowest BCUT2D eigenvalue weighted by atomic mass is 9.87. The van der Waals surface area contributed by atoms with Crippen LogP contribution < -0.4 is 9.47 Å². The lowest BCUT2D eigenvalue weighted by molar-refractivity contribution is -0.366. The third kappa shape index (κ3) is 5.36. The topological polar surface area (TPSA) is 118 Å². The van der Waals surface area contributed by atoms with Crippen LogP contribution in [0, 0.1) is 5.82 Å². The van der Waals surface area contributed by atoms with E-state index in [0.717, 1.165) is 11.1 Å². The van der Waals surface area contributed by atoms with Crippen LogP contribution in [-0.2, 0) is 28.1 Å². The Kier molecular flexibility index (Phi) is 8.11. The molecule has 0 spiro atoms. The van der Waals surface area contributed by atoms with Crippen LogP contribution in [0.5, 0.6) is 11.5 Å². The zero-order valence-electron chi connectivity index (χ0n) is 21.2. The molecule has 10 heteroatoms. The van der Waals surface area contributed by atoms with E-state index in [1.165, 1.54) is 13.2 Å². The minimum atomic E-state index is -1.83. The highest BCUT2D eigenvalue weighted by molar-refractivity contribution is 6.31. The highest BCUT2D eigenvalue weighted by Crippen LogP contribution is 2.40. The fraction of sp³-hybridized carbons (Fsp3) is 0.379. The molecular formula is C29H30ClFO8. The molecule has 0 saturated carbocycles. The summed E-state index contributed by atoms with van der Waals surface area (Å²) in [6, 6.07) is 17.3. The van der Waals surface area contributed by atoms with E-state index in [2.05, 4.69) is 0 Å². The number of methoxy groups -OCH3 is 1. The summed E-state index contributed by atoms with van der Waals surface area (Å²) in [5.74, 6) is -1.27. The molecule has 1 saturated heterocycles. The van der Waals surface area contributed by atoms with Crippen LogP contribution in [-0.4, -0.2) is 71.3 Å². The first kappa shape index (κ1) is 27.8. The molecule has 3 aromatic carbocycles. The van der Waals surface area contributed by atoms with Crippen LogP contribution >= 0.6 is 11.6 Å². The molecule has 0 aliphatic carbocycles. The van der Waals surface area contributed by atoms with Crippen LogP contribution in [0.3, 0.4) is 0 Å². The molecule has 1 fully saturated rings. The highest BCUT2D eigenvalue weighted by Gasteiger charge is 2.55. The van der Waals surface area contributed by atoms with Gasteiger partial charge in [-0.3, -0.25) is 0 Å². The molecule has 2 aliphatic heterocycles. The van der Waals surface area contributed by atoms with Gasteiger partial charge in [-0.1, -0.05) is 41.9 Å². The number of hydrogen-bond donors (Lipinski definition) is 4. The van der Waals surface area contributed by atoms with Crippen molar-refractivity contribution in [3.8, 4) is 11.5 Å². The second-order valence-corrected chi connectivity index (χ2v) is 10.2. The number of hydrogen-bond acceptors (Lipinski definition) is 8. The van der Waals surface area contributed by atoms with Gasteiger partial charge in [0.25, 0.3) is 0 Å². The first-order chi connectivity index (χ1) is 18.8. The van der Waals surface area contributed by atoms with Gasteiger partial charge in [0.15, 0.2) is 11.6 Å². The first-order valence-corrected chi connectivity index (χ1v) is 13.0. The molecule has 2 unspecified atom stereocenters. The molecule has 0 radical (unpaired) electrons. The Balaban J connectivity index is 1.27. The second kappa shape index (κ2) is 11.4. The number of fused-ring (bicyclic) bond motifs is 1. The van der Waals surface area contributed by atoms with Crippen molar-refractivity contribution in [2.45, 2.75) is 49.1 Å². The van der Waals surface area contributed by atoms with Gasteiger partial charge < -0.3 is 39.4 Å². The molecule has 208 valence electrons. The summed E-state index contributed by atoms with van der Waals surface area (Å²) in [5.41, 5.74) is 2.83. The predicted molar refractivity (Wildman–Crippen MR) is 139 cm³/mol. The van der Waals surface area contributed by atoms with Crippen LogP contribution in [0.4, 0.5) is 4.39 Å². The molecular weight excluding hydrogens is 531 g/mol. The third-order valence-electron chi connectivity index (χ3n) is 7.24. The lowest BCUT2D eigenvalue weighted by Gasteiger charge is -2.47. The average Bonchev–Trinajstić information content (AvgIpc) is 3.38. The fourth-order valence-corrected chi connectivity index (χ4v) is 5.28. The predicted octanol–water partition coefficient (Wildman–Crippen LogP) is 2.73. The van der Waals surface area contributed by atoms with Crippen LogP contribution in [0.25, 0.3) is 0 Å². The largest absolute Gasteiger partial charge is 0.490 e. The van der Waals surface area contributed by atoms with Gasteiger partial charge in [-0.25, -0.2) is 4.39 Å². The van der Waals surface area contributed by atoms with E-state index >= 15 is 0 Å². The summed E-state index contributed by atoms with van der Waals surface area (Å²) >= 11 is 6.48. The minimum Gasteiger partial charge on any atom is -0.490 e. The summed E-state index contributed by atoms with van der Waals surface area (Å²) in [6.07, 6.45) is -5.15. The Morgan fingerprint density at radius 1 is 1.05 bits per heavy atom. The summed E-state index contributed by atoms with van der Waals surface area (Å²) in [7, 11) is 1.31. The van der Waals surface area contributed by atoms with Crippen molar-refractivity contribution < 1.29 is 43.8 Å². The average molecular weight is 561 g/mol. The van der Waals surface area contributed by atoms with Gasteiger partial charge in [0, 0.05) is 29.7 Å². The van der Waals surface area contributed by atoms with E-state index in [-0.39, 0.29) is 18.5 Å². The summed E-state index contributed by atoms with van der Waals surface area (Å²) < 4.78 is 36.8. The molecule has 5 rings (SSSR count). The van der Waals surface area contributed by atoms with Crippen LogP contribution in [0.2, 0.25) is 5.02 Å². The Morgan fingerprint density at radius 2 is 1.82 bits per heavy atom. The van der Waals surface area contributed by atoms with Crippen LogP contribution in [0.15, 0.2) is 60.7 Å². The van der Waals surface area contributed by atoms with Crippen molar-refractivity contribution in [3.05, 3.63) is 93.8 Å². The van der Waals surface area contributed by atoms with Crippen molar-refractivity contribution in [2.24, 2.45) is 0 Å². The summed E-state index contributed by atoms with van der Waals surface area (Å²) in [6.45, 7) is -0.306. The number of rotatable bonds is 8. The number of aliphatic hydroxyl groups is 4. The summed E-state index contributed by atoms with van der Waals surface area (Å²) in [5, 5.41) is 41.4. The third-order valence-corrected chi connectivity index (χ3v) is 7.60. The number of aliphatic hydroxyl groups excluding tert-OH is 4. The van der Waals surface area contributed by atoms with Crippen molar-refractivity contribution in [1.29, 1.82) is 0 Å². The van der Waals surface area contributed by atoms with Crippen molar-refractivity contribution >= 4 is 11.6 Å². The fourth-order valence-electron chi connectivity index (χ4n) is 5.10. The standard InChI is InChI=1S/C29H30ClFO8/c1-36-29(28(35)26(34)25(33)24(14-32)39-29)19-7-10-22(30)18(12-19)11-16-5-8-20(9-6-16)37-15-21-13-17-3-2-4-23(31)27(17)38-21/h2-10,12,21,24-26,28,32-35H,11,13-15H2,1H3/t21?,24-,25-,26+,28-,29?/m1/s1. The van der Waals surface area contributed by atoms with Crippen molar-refractivity contribution in [1.82, 2.24) is 0 Å². The van der Waals surface area contributed by atoms with Gasteiger partial charge in [-0.05, 0) is 47.9 Å². The quantitative estimate of drug-likeness (QED) is 0.332. The van der Waals surface area contributed by atoms with Gasteiger partial charge in [-0.15, -0.1) is 0 Å². The van der Waals surface area contributed by atoms with Gasteiger partial charge >= 0.3 is 0 Å². The monoisotopic (exact) mass is 560 g/mol. The van der Waals surface area contributed by atoms with E-state index in [4.69, 9.17) is 30.5 Å². The van der Waals surface area contributed by atoms with E-state index in [1.54, 1.807) is 24.3 Å². The van der Waals surface area contributed by atoms with Gasteiger partial charge in [0.1, 0.15) is 42.9 Å². The zero-order valence-corrected chi connectivity index (χ0v) is 21.9. The molecule has 3 aromatic rings. The molecule has 0 amide bonds. The molecule has 2 heterocycles. The van der Waals surface area contributed by atoms with E-state index in [1.807, 2.05) is 30.3 Å². The number of benzene rings is 3. The Labute approximate surface area is 230 Å². The maximum Gasteiger partial charge on any atom is 0.224 e. The van der Waals surface area contributed by atoms with Crippen molar-refractivity contribution in [2.75, 3.05) is 20.3 Å². The van der Waals surface area contributed by atoms with Crippen molar-refractivity contribution in [3.63, 3.8) is 0 Å². The molecule has 0 bridgehead atoms. The Bertz CT molecular complexity index is 1300.